The zero-order valence-corrected chi connectivity index (χ0v) is 18.8. The van der Waals surface area contributed by atoms with Gasteiger partial charge in [0.25, 0.3) is 5.91 Å². The molecule has 32 heavy (non-hydrogen) atoms. The summed E-state index contributed by atoms with van der Waals surface area (Å²) in [6, 6.07) is 26.7. The summed E-state index contributed by atoms with van der Waals surface area (Å²) in [5, 5.41) is 3.05. The highest BCUT2D eigenvalue weighted by Crippen LogP contribution is 2.19. The summed E-state index contributed by atoms with van der Waals surface area (Å²) in [6.07, 6.45) is 5.06. The number of fused-ring (bicyclic) bond motifs is 1. The fourth-order valence-electron chi connectivity index (χ4n) is 4.16. The van der Waals surface area contributed by atoms with Gasteiger partial charge in [0, 0.05) is 25.1 Å². The number of hydrogen-bond donors (Lipinski definition) is 1. The Morgan fingerprint density at radius 3 is 2.44 bits per heavy atom. The Morgan fingerprint density at radius 1 is 0.844 bits per heavy atom. The average Bonchev–Trinajstić information content (AvgIpc) is 3.18. The fraction of sp³-hybridized carbons (Fsp3) is 0.286. The maximum atomic E-state index is 12.3. The Bertz CT molecular complexity index is 1160. The third-order valence-corrected chi connectivity index (χ3v) is 5.95. The number of carbonyl (C=O) groups excluding carboxylic acids is 1. The number of benzene rings is 3. The molecule has 0 atom stereocenters. The van der Waals surface area contributed by atoms with Gasteiger partial charge in [-0.15, -0.1) is 0 Å². The van der Waals surface area contributed by atoms with E-state index in [0.717, 1.165) is 61.1 Å². The molecule has 1 aromatic heterocycles. The molecule has 0 aliphatic carbocycles. The third-order valence-electron chi connectivity index (χ3n) is 5.95. The van der Waals surface area contributed by atoms with Gasteiger partial charge >= 0.3 is 0 Å². The molecule has 4 rings (SSSR count). The van der Waals surface area contributed by atoms with Crippen molar-refractivity contribution in [1.82, 2.24) is 14.9 Å². The van der Waals surface area contributed by atoms with Crippen molar-refractivity contribution in [1.29, 1.82) is 0 Å². The average molecular weight is 426 g/mol. The van der Waals surface area contributed by atoms with Crippen LogP contribution in [-0.2, 0) is 19.4 Å². The molecule has 0 aliphatic rings. The molecule has 0 saturated carbocycles. The van der Waals surface area contributed by atoms with Crippen molar-refractivity contribution >= 4 is 16.9 Å². The monoisotopic (exact) mass is 425 g/mol. The number of aryl methyl sites for hydroxylation is 4. The molecule has 0 bridgehead atoms. The molecule has 0 unspecified atom stereocenters. The fourth-order valence-corrected chi connectivity index (χ4v) is 4.16. The smallest absolute Gasteiger partial charge is 0.251 e. The molecule has 4 nitrogen and oxygen atoms in total. The van der Waals surface area contributed by atoms with Gasteiger partial charge in [-0.1, -0.05) is 67.1 Å². The summed E-state index contributed by atoms with van der Waals surface area (Å²) in [4.78, 5) is 17.2. The summed E-state index contributed by atoms with van der Waals surface area (Å²) in [6.45, 7) is 3.61. The van der Waals surface area contributed by atoms with E-state index >= 15 is 0 Å². The van der Waals surface area contributed by atoms with Gasteiger partial charge in [0.2, 0.25) is 0 Å². The SMILES string of the molecule is Cc1ccccc1C(=O)NCCCCCc1nc2ccccc2n1CCc1ccccc1. The second-order valence-corrected chi connectivity index (χ2v) is 8.29. The van der Waals surface area contributed by atoms with Crippen molar-refractivity contribution in [3.05, 3.63) is 101 Å². The Morgan fingerprint density at radius 2 is 1.59 bits per heavy atom. The Kier molecular flexibility index (Phi) is 7.34. The number of aromatic nitrogens is 2. The van der Waals surface area contributed by atoms with Gasteiger partial charge in [-0.2, -0.15) is 0 Å². The normalized spacial score (nSPS) is 11.0. The molecule has 1 amide bonds. The van der Waals surface area contributed by atoms with E-state index in [1.54, 1.807) is 0 Å². The molecule has 0 saturated heterocycles. The highest BCUT2D eigenvalue weighted by Gasteiger charge is 2.11. The lowest BCUT2D eigenvalue weighted by Crippen LogP contribution is -2.25. The first-order chi connectivity index (χ1) is 15.7. The quantitative estimate of drug-likeness (QED) is 0.330. The highest BCUT2D eigenvalue weighted by molar-refractivity contribution is 5.95. The van der Waals surface area contributed by atoms with Gasteiger partial charge in [-0.25, -0.2) is 4.98 Å². The molecule has 4 heteroatoms. The van der Waals surface area contributed by atoms with E-state index in [0.29, 0.717) is 6.54 Å². The number of nitrogens with zero attached hydrogens (tertiary/aromatic N) is 2. The van der Waals surface area contributed by atoms with Crippen LogP contribution >= 0.6 is 0 Å². The highest BCUT2D eigenvalue weighted by atomic mass is 16.1. The molecule has 0 radical (unpaired) electrons. The van der Waals surface area contributed by atoms with Gasteiger partial charge in [0.1, 0.15) is 5.82 Å². The van der Waals surface area contributed by atoms with Crippen molar-refractivity contribution in [3.63, 3.8) is 0 Å². The lowest BCUT2D eigenvalue weighted by molar-refractivity contribution is 0.0952. The van der Waals surface area contributed by atoms with Crippen molar-refractivity contribution in [2.45, 2.75) is 45.6 Å². The second-order valence-electron chi connectivity index (χ2n) is 8.29. The number of rotatable bonds is 10. The number of carbonyl (C=O) groups is 1. The predicted octanol–water partition coefficient (Wildman–Crippen LogP) is 5.73. The number of nitrogens with one attached hydrogen (secondary N) is 1. The van der Waals surface area contributed by atoms with Crippen molar-refractivity contribution in [2.24, 2.45) is 0 Å². The van der Waals surface area contributed by atoms with E-state index < -0.39 is 0 Å². The third kappa shape index (κ3) is 5.44. The van der Waals surface area contributed by atoms with Crippen LogP contribution in [0, 0.1) is 6.92 Å². The first kappa shape index (κ1) is 21.8. The summed E-state index contributed by atoms with van der Waals surface area (Å²) < 4.78 is 2.38. The van der Waals surface area contributed by atoms with Crippen LogP contribution in [0.5, 0.6) is 0 Å². The van der Waals surface area contributed by atoms with Crippen LogP contribution in [0.2, 0.25) is 0 Å². The zero-order chi connectivity index (χ0) is 22.2. The van der Waals surface area contributed by atoms with E-state index in [4.69, 9.17) is 4.98 Å². The first-order valence-corrected chi connectivity index (χ1v) is 11.5. The van der Waals surface area contributed by atoms with Crippen molar-refractivity contribution in [3.8, 4) is 0 Å². The molecule has 0 spiro atoms. The van der Waals surface area contributed by atoms with Crippen LogP contribution in [0.15, 0.2) is 78.9 Å². The Balaban J connectivity index is 1.29. The maximum absolute atomic E-state index is 12.3. The predicted molar refractivity (Wildman–Crippen MR) is 131 cm³/mol. The van der Waals surface area contributed by atoms with E-state index in [2.05, 4.69) is 64.5 Å². The van der Waals surface area contributed by atoms with Crippen LogP contribution in [0.1, 0.15) is 46.6 Å². The lowest BCUT2D eigenvalue weighted by atomic mass is 10.1. The molecular weight excluding hydrogens is 394 g/mol. The number of hydrogen-bond acceptors (Lipinski definition) is 2. The maximum Gasteiger partial charge on any atom is 0.251 e. The topological polar surface area (TPSA) is 46.9 Å². The van der Waals surface area contributed by atoms with E-state index in [1.807, 2.05) is 31.2 Å². The van der Waals surface area contributed by atoms with Crippen LogP contribution in [0.25, 0.3) is 11.0 Å². The lowest BCUT2D eigenvalue weighted by Gasteiger charge is -2.10. The number of imidazole rings is 1. The van der Waals surface area contributed by atoms with E-state index in [1.165, 1.54) is 11.1 Å². The largest absolute Gasteiger partial charge is 0.352 e. The van der Waals surface area contributed by atoms with Gasteiger partial charge < -0.3 is 9.88 Å². The van der Waals surface area contributed by atoms with Gasteiger partial charge in [0.15, 0.2) is 0 Å². The number of unbranched alkanes of at least 4 members (excludes halogenated alkanes) is 2. The summed E-state index contributed by atoms with van der Waals surface area (Å²) in [7, 11) is 0. The second kappa shape index (κ2) is 10.8. The molecule has 164 valence electrons. The Hall–Kier alpha value is -3.40. The molecular formula is C28H31N3O. The van der Waals surface area contributed by atoms with Gasteiger partial charge in [0.05, 0.1) is 11.0 Å². The van der Waals surface area contributed by atoms with Crippen molar-refractivity contribution < 1.29 is 4.79 Å². The first-order valence-electron chi connectivity index (χ1n) is 11.5. The van der Waals surface area contributed by atoms with Crippen LogP contribution in [0.3, 0.4) is 0 Å². The van der Waals surface area contributed by atoms with E-state index in [-0.39, 0.29) is 5.91 Å². The minimum Gasteiger partial charge on any atom is -0.352 e. The van der Waals surface area contributed by atoms with Crippen molar-refractivity contribution in [2.75, 3.05) is 6.54 Å². The minimum atomic E-state index is 0.0193. The molecule has 0 aliphatic heterocycles. The van der Waals surface area contributed by atoms with Crippen LogP contribution in [0.4, 0.5) is 0 Å². The zero-order valence-electron chi connectivity index (χ0n) is 18.8. The summed E-state index contributed by atoms with van der Waals surface area (Å²) in [5.74, 6) is 1.18. The van der Waals surface area contributed by atoms with Crippen LogP contribution in [-0.4, -0.2) is 22.0 Å². The van der Waals surface area contributed by atoms with Crippen LogP contribution < -0.4 is 5.32 Å². The molecule has 1 N–H and O–H groups in total. The number of amides is 1. The number of para-hydroxylation sites is 2. The standard InChI is InChI=1S/C28H31N3O/c1-22-12-7-8-15-24(22)28(32)29-20-11-3-6-18-27-30-25-16-9-10-17-26(25)31(27)21-19-23-13-4-2-5-14-23/h2,4-5,7-10,12-17H,3,6,11,18-21H2,1H3,(H,29,32). The minimum absolute atomic E-state index is 0.0193. The molecule has 0 fully saturated rings. The summed E-state index contributed by atoms with van der Waals surface area (Å²) in [5.41, 5.74) is 5.41. The Labute approximate surface area is 190 Å². The van der Waals surface area contributed by atoms with Gasteiger partial charge in [-0.3, -0.25) is 4.79 Å². The van der Waals surface area contributed by atoms with E-state index in [9.17, 15) is 4.79 Å². The molecule has 1 heterocycles. The molecule has 3 aromatic carbocycles. The van der Waals surface area contributed by atoms with Gasteiger partial charge in [-0.05, 0) is 55.5 Å². The summed E-state index contributed by atoms with van der Waals surface area (Å²) >= 11 is 0. The molecule has 4 aromatic rings.